The quantitative estimate of drug-likeness (QED) is 0.0406. The van der Waals surface area contributed by atoms with Crippen molar-refractivity contribution >= 4 is 109 Å². The van der Waals surface area contributed by atoms with E-state index in [1.54, 1.807) is 11.8 Å². The molecule has 0 aliphatic carbocycles. The van der Waals surface area contributed by atoms with Crippen LogP contribution in [0.2, 0.25) is 4.34 Å². The van der Waals surface area contributed by atoms with Crippen LogP contribution in [0.25, 0.3) is 0 Å². The number of carboxylic acid groups (broad SMARTS) is 1. The summed E-state index contributed by atoms with van der Waals surface area (Å²) in [5.74, 6) is -1.09. The molecule has 0 unspecified atom stereocenters. The second-order valence-electron chi connectivity index (χ2n) is 8.12. The van der Waals surface area contributed by atoms with Gasteiger partial charge in [-0.3, -0.25) is 19.5 Å². The van der Waals surface area contributed by atoms with Crippen molar-refractivity contribution < 1.29 is 24.7 Å². The smallest absolute Gasteiger partial charge is 0.353 e. The number of hydrogen-bond acceptors (Lipinski definition) is 15. The zero-order valence-electron chi connectivity index (χ0n) is 20.8. The molecule has 21 heteroatoms. The fourth-order valence-electron chi connectivity index (χ4n) is 3.76. The molecule has 2 aliphatic rings. The number of nitrogens with one attached hydrogen (secondary N) is 1. The van der Waals surface area contributed by atoms with Gasteiger partial charge in [0, 0.05) is 22.8 Å². The summed E-state index contributed by atoms with van der Waals surface area (Å²) < 4.78 is 0.769. The number of carboxylic acids is 1. The molecule has 41 heavy (non-hydrogen) atoms. The average molecular weight is 679 g/mol. The second-order valence-corrected chi connectivity index (χ2v) is 14.5. The summed E-state index contributed by atoms with van der Waals surface area (Å²) in [5, 5.41) is 24.6. The van der Waals surface area contributed by atoms with Gasteiger partial charge in [0.2, 0.25) is 0 Å². The second kappa shape index (κ2) is 13.4. The first-order valence-corrected chi connectivity index (χ1v) is 16.5. The van der Waals surface area contributed by atoms with Crippen LogP contribution in [0.15, 0.2) is 25.0 Å². The van der Waals surface area contributed by atoms with E-state index >= 15 is 0 Å². The first-order chi connectivity index (χ1) is 19.5. The number of carbonyl (C=O) groups is 3. The molecule has 2 aromatic rings. The molecule has 220 valence electrons. The lowest BCUT2D eigenvalue weighted by molar-refractivity contribution is -0.150. The molecule has 0 aromatic carbocycles. The minimum atomic E-state index is -1.28. The maximum absolute atomic E-state index is 13.1. The van der Waals surface area contributed by atoms with Gasteiger partial charge >= 0.3 is 5.97 Å². The molecule has 4 rings (SSSR count). The Morgan fingerprint density at radius 1 is 1.20 bits per heavy atom. The van der Waals surface area contributed by atoms with Crippen LogP contribution in [0.3, 0.4) is 0 Å². The summed E-state index contributed by atoms with van der Waals surface area (Å²) in [7, 11) is 0. The first-order valence-electron chi connectivity index (χ1n) is 11.4. The number of guanidine groups is 1. The van der Waals surface area contributed by atoms with Crippen LogP contribution >= 0.6 is 69.6 Å². The van der Waals surface area contributed by atoms with Crippen LogP contribution in [0.1, 0.15) is 11.4 Å². The number of thiazole rings is 2. The standard InChI is InChI=1S/C20H23ClN10O5S5/c21-12-8(29-20(25)40-12)9(30-36)13(32)28-10-14(33)31-11(16(34)35)7(5-38-15(10)31)39-17-6(27-19(24)41-17)1-3-37-4-2-26-18(22)23/h10,15,36H,1-5H2,(H2,24,27)(H2,25,29)(H,28,32)(H,34,35)(H4,22,23,26)/b30-9-/t10-,15-/m1/s1. The molecule has 2 aromatic heterocycles. The molecular formula is C20H23ClN10O5S5. The lowest BCUT2D eigenvalue weighted by Gasteiger charge is -2.49. The van der Waals surface area contributed by atoms with Crippen molar-refractivity contribution in [2.45, 2.75) is 22.0 Å². The van der Waals surface area contributed by atoms with Crippen LogP contribution in [0, 0.1) is 0 Å². The monoisotopic (exact) mass is 678 g/mol. The van der Waals surface area contributed by atoms with E-state index in [1.165, 1.54) is 34.9 Å². The number of hydrogen-bond donors (Lipinski definition) is 7. The van der Waals surface area contributed by atoms with Crippen molar-refractivity contribution in [2.24, 2.45) is 21.6 Å². The Morgan fingerprint density at radius 3 is 2.56 bits per heavy atom. The van der Waals surface area contributed by atoms with Gasteiger partial charge in [-0.2, -0.15) is 11.8 Å². The number of oxime groups is 1. The number of β-lactam (4-membered cyclic amide) rings is 1. The van der Waals surface area contributed by atoms with E-state index in [9.17, 15) is 24.7 Å². The molecule has 15 nitrogen and oxygen atoms in total. The summed E-state index contributed by atoms with van der Waals surface area (Å²) >= 11 is 12.3. The minimum Gasteiger partial charge on any atom is -0.477 e. The molecule has 0 radical (unpaired) electrons. The van der Waals surface area contributed by atoms with Gasteiger partial charge in [0.1, 0.15) is 27.1 Å². The van der Waals surface area contributed by atoms with Gasteiger partial charge in [0.05, 0.1) is 16.4 Å². The average Bonchev–Trinajstić information content (AvgIpc) is 3.43. The van der Waals surface area contributed by atoms with E-state index in [1.807, 2.05) is 0 Å². The molecule has 0 spiro atoms. The van der Waals surface area contributed by atoms with Crippen molar-refractivity contribution in [3.8, 4) is 0 Å². The van der Waals surface area contributed by atoms with Gasteiger partial charge in [-0.15, -0.1) is 11.8 Å². The highest BCUT2D eigenvalue weighted by molar-refractivity contribution is 8.07. The summed E-state index contributed by atoms with van der Waals surface area (Å²) in [6.07, 6.45) is 0.591. The molecule has 0 bridgehead atoms. The zero-order valence-corrected chi connectivity index (χ0v) is 25.6. The highest BCUT2D eigenvalue weighted by atomic mass is 35.5. The molecule has 4 heterocycles. The van der Waals surface area contributed by atoms with Crippen molar-refractivity contribution in [3.63, 3.8) is 0 Å². The number of aromatic nitrogens is 2. The predicted octanol–water partition coefficient (Wildman–Crippen LogP) is 0.633. The summed E-state index contributed by atoms with van der Waals surface area (Å²) in [6.45, 7) is 0.494. The van der Waals surface area contributed by atoms with Gasteiger partial charge in [-0.1, -0.05) is 51.2 Å². The number of carbonyl (C=O) groups excluding carboxylic acids is 2. The van der Waals surface area contributed by atoms with Crippen LogP contribution in [-0.4, -0.2) is 89.9 Å². The topological polar surface area (TPSA) is 262 Å². The number of aliphatic imine (C=N–C) groups is 1. The fourth-order valence-corrected chi connectivity index (χ4v) is 9.19. The number of fused-ring (bicyclic) bond motifs is 1. The van der Waals surface area contributed by atoms with Crippen molar-refractivity contribution in [1.29, 1.82) is 0 Å². The summed E-state index contributed by atoms with van der Waals surface area (Å²) in [6, 6.07) is -1.06. The lowest BCUT2D eigenvalue weighted by Crippen LogP contribution is -2.71. The third-order valence-electron chi connectivity index (χ3n) is 5.47. The number of anilines is 2. The van der Waals surface area contributed by atoms with E-state index in [-0.39, 0.29) is 32.6 Å². The molecule has 1 fully saturated rings. The number of nitrogens with two attached hydrogens (primary N) is 4. The van der Waals surface area contributed by atoms with Gasteiger partial charge in [-0.05, 0) is 5.75 Å². The summed E-state index contributed by atoms with van der Waals surface area (Å²) in [5.41, 5.74) is 22.1. The Balaban J connectivity index is 1.45. The fraction of sp³-hybridized carbons (Fsp3) is 0.350. The SMILES string of the molecule is NC(N)=NCCSCCc1nc(N)sc1SC1=C(C(=O)O)N2C(=O)[C@@H](NC(=O)/C(=N\O)c3nc(N)sc3Cl)[C@H]2SC1. The maximum atomic E-state index is 13.1. The van der Waals surface area contributed by atoms with Crippen LogP contribution < -0.4 is 28.3 Å². The Morgan fingerprint density at radius 2 is 1.93 bits per heavy atom. The van der Waals surface area contributed by atoms with Gasteiger partial charge < -0.3 is 38.6 Å². The minimum absolute atomic E-state index is 0.0319. The summed E-state index contributed by atoms with van der Waals surface area (Å²) in [4.78, 5) is 52.0. The Labute approximate surface area is 258 Å². The number of thioether (sulfide) groups is 3. The third-order valence-corrected chi connectivity index (χ3v) is 11.2. The van der Waals surface area contributed by atoms with E-state index in [0.717, 1.165) is 37.6 Å². The van der Waals surface area contributed by atoms with Gasteiger partial charge in [0.15, 0.2) is 21.9 Å². The van der Waals surface area contributed by atoms with Crippen LogP contribution in [0.5, 0.6) is 0 Å². The number of rotatable bonds is 12. The van der Waals surface area contributed by atoms with Gasteiger partial charge in [0.25, 0.3) is 11.8 Å². The highest BCUT2D eigenvalue weighted by Crippen LogP contribution is 2.47. The largest absolute Gasteiger partial charge is 0.477 e. The molecule has 2 atom stereocenters. The molecule has 1 saturated heterocycles. The Bertz CT molecular complexity index is 1460. The predicted molar refractivity (Wildman–Crippen MR) is 164 cm³/mol. The molecule has 2 aliphatic heterocycles. The number of halogens is 1. The number of aryl methyl sites for hydroxylation is 1. The number of aliphatic carboxylic acids is 1. The van der Waals surface area contributed by atoms with E-state index in [4.69, 9.17) is 34.5 Å². The maximum Gasteiger partial charge on any atom is 0.353 e. The third kappa shape index (κ3) is 6.95. The lowest BCUT2D eigenvalue weighted by atomic mass is 10.0. The van der Waals surface area contributed by atoms with E-state index < -0.39 is 34.9 Å². The molecular weight excluding hydrogens is 656 g/mol. The van der Waals surface area contributed by atoms with Crippen molar-refractivity contribution in [1.82, 2.24) is 20.2 Å². The Kier molecular flexibility index (Phi) is 10.1. The van der Waals surface area contributed by atoms with E-state index in [0.29, 0.717) is 23.0 Å². The van der Waals surface area contributed by atoms with E-state index in [2.05, 4.69) is 25.4 Å². The van der Waals surface area contributed by atoms with Crippen molar-refractivity contribution in [3.05, 3.63) is 26.3 Å². The highest BCUT2D eigenvalue weighted by Gasteiger charge is 2.54. The van der Waals surface area contributed by atoms with Gasteiger partial charge in [-0.25, -0.2) is 14.8 Å². The number of nitrogen functional groups attached to an aromatic ring is 2. The number of amides is 2. The normalized spacial score (nSPS) is 18.6. The Hall–Kier alpha value is -2.91. The molecule has 11 N–H and O–H groups in total. The first kappa shape index (κ1) is 31.0. The molecule has 0 saturated carbocycles. The van der Waals surface area contributed by atoms with Crippen molar-refractivity contribution in [2.75, 3.05) is 35.3 Å². The van der Waals surface area contributed by atoms with Crippen LogP contribution in [0.4, 0.5) is 10.3 Å². The molecule has 2 amide bonds. The number of nitrogens with zero attached hydrogens (tertiary/aromatic N) is 5. The zero-order chi connectivity index (χ0) is 29.8. The van der Waals surface area contributed by atoms with Crippen LogP contribution in [-0.2, 0) is 20.8 Å².